The Hall–Kier alpha value is -4.33. The minimum absolute atomic E-state index is 0.228. The first-order valence-corrected chi connectivity index (χ1v) is 14.7. The molecule has 0 saturated heterocycles. The third kappa shape index (κ3) is 9.33. The smallest absolute Gasteiger partial charge is 0.408 e. The molecule has 0 fully saturated rings. The molecule has 0 saturated carbocycles. The first-order valence-electron chi connectivity index (χ1n) is 14.7. The van der Waals surface area contributed by atoms with Crippen LogP contribution in [-0.4, -0.2) is 47.6 Å². The molecule has 0 aliphatic rings. The molecular formula is C35H45N3O5. The van der Waals surface area contributed by atoms with E-state index in [1.54, 1.807) is 57.0 Å². The van der Waals surface area contributed by atoms with Gasteiger partial charge in [0, 0.05) is 18.2 Å². The molecular weight excluding hydrogens is 542 g/mol. The molecule has 0 bridgehead atoms. The van der Waals surface area contributed by atoms with Crippen molar-refractivity contribution in [3.63, 3.8) is 0 Å². The summed E-state index contributed by atoms with van der Waals surface area (Å²) in [5, 5.41) is 5.81. The van der Waals surface area contributed by atoms with Crippen molar-refractivity contribution in [3.05, 3.63) is 95.1 Å². The summed E-state index contributed by atoms with van der Waals surface area (Å²) >= 11 is 0. The van der Waals surface area contributed by atoms with Gasteiger partial charge < -0.3 is 25.0 Å². The maximum Gasteiger partial charge on any atom is 0.408 e. The van der Waals surface area contributed by atoms with E-state index in [1.807, 2.05) is 76.2 Å². The fourth-order valence-corrected chi connectivity index (χ4v) is 4.73. The number of alkyl carbamates (subject to hydrolysis) is 1. The van der Waals surface area contributed by atoms with Crippen LogP contribution in [-0.2, 0) is 20.7 Å². The van der Waals surface area contributed by atoms with Gasteiger partial charge in [-0.2, -0.15) is 0 Å². The van der Waals surface area contributed by atoms with Crippen molar-refractivity contribution in [1.29, 1.82) is 0 Å². The number of carbonyl (C=O) groups excluding carboxylic acids is 3. The van der Waals surface area contributed by atoms with Gasteiger partial charge in [0.05, 0.1) is 7.11 Å². The van der Waals surface area contributed by atoms with Gasteiger partial charge in [-0.3, -0.25) is 9.59 Å². The lowest BCUT2D eigenvalue weighted by Crippen LogP contribution is -2.55. The predicted molar refractivity (Wildman–Crippen MR) is 170 cm³/mol. The molecule has 43 heavy (non-hydrogen) atoms. The van der Waals surface area contributed by atoms with Crippen LogP contribution in [0.2, 0.25) is 0 Å². The monoisotopic (exact) mass is 587 g/mol. The van der Waals surface area contributed by atoms with Gasteiger partial charge in [0.25, 0.3) is 5.91 Å². The van der Waals surface area contributed by atoms with Gasteiger partial charge >= 0.3 is 6.09 Å². The number of aryl methyl sites for hydroxylation is 2. The summed E-state index contributed by atoms with van der Waals surface area (Å²) in [6.07, 6.45) is 0.121. The summed E-state index contributed by atoms with van der Waals surface area (Å²) in [5.74, 6) is -0.0768. The predicted octanol–water partition coefficient (Wildman–Crippen LogP) is 6.75. The van der Waals surface area contributed by atoms with Gasteiger partial charge in [-0.05, 0) is 94.5 Å². The fraction of sp³-hybridized carbons (Fsp3) is 0.400. The molecule has 3 amide bonds. The number of nitrogens with one attached hydrogen (secondary N) is 2. The highest BCUT2D eigenvalue weighted by atomic mass is 16.6. The molecule has 3 aromatic rings. The number of benzene rings is 3. The van der Waals surface area contributed by atoms with Gasteiger partial charge in [0.15, 0.2) is 0 Å². The second kappa shape index (κ2) is 14.7. The first kappa shape index (κ1) is 33.2. The van der Waals surface area contributed by atoms with Crippen LogP contribution in [0.15, 0.2) is 72.8 Å². The largest absolute Gasteiger partial charge is 0.497 e. The van der Waals surface area contributed by atoms with E-state index >= 15 is 0 Å². The number of carbonyl (C=O) groups is 3. The Labute approximate surface area is 255 Å². The van der Waals surface area contributed by atoms with Crippen LogP contribution in [0.5, 0.6) is 5.75 Å². The normalized spacial score (nSPS) is 13.3. The van der Waals surface area contributed by atoms with E-state index < -0.39 is 23.8 Å². The quantitative estimate of drug-likeness (QED) is 0.259. The van der Waals surface area contributed by atoms with E-state index in [1.165, 1.54) is 0 Å². The van der Waals surface area contributed by atoms with E-state index in [0.29, 0.717) is 23.4 Å². The molecule has 3 rings (SSSR count). The highest BCUT2D eigenvalue weighted by Gasteiger charge is 2.38. The summed E-state index contributed by atoms with van der Waals surface area (Å²) in [4.78, 5) is 43.4. The van der Waals surface area contributed by atoms with E-state index in [2.05, 4.69) is 10.6 Å². The Morgan fingerprint density at radius 3 is 2.12 bits per heavy atom. The van der Waals surface area contributed by atoms with Crippen molar-refractivity contribution in [3.8, 4) is 5.75 Å². The van der Waals surface area contributed by atoms with Gasteiger partial charge in [0.2, 0.25) is 5.91 Å². The molecule has 3 unspecified atom stereocenters. The van der Waals surface area contributed by atoms with Crippen molar-refractivity contribution in [2.45, 2.75) is 85.0 Å². The molecule has 0 aliphatic heterocycles. The van der Waals surface area contributed by atoms with Crippen molar-refractivity contribution in [1.82, 2.24) is 10.2 Å². The highest BCUT2D eigenvalue weighted by molar-refractivity contribution is 5.99. The Kier molecular flexibility index (Phi) is 11.4. The summed E-state index contributed by atoms with van der Waals surface area (Å²) < 4.78 is 10.8. The van der Waals surface area contributed by atoms with Crippen LogP contribution in [0.25, 0.3) is 0 Å². The zero-order valence-electron chi connectivity index (χ0n) is 26.6. The van der Waals surface area contributed by atoms with Crippen LogP contribution >= 0.6 is 0 Å². The third-order valence-corrected chi connectivity index (χ3v) is 7.32. The second-order valence-corrected chi connectivity index (χ2v) is 11.9. The maximum absolute atomic E-state index is 14.6. The van der Waals surface area contributed by atoms with Crippen molar-refractivity contribution < 1.29 is 23.9 Å². The third-order valence-electron chi connectivity index (χ3n) is 7.32. The second-order valence-electron chi connectivity index (χ2n) is 11.9. The zero-order valence-corrected chi connectivity index (χ0v) is 26.6. The minimum atomic E-state index is -0.978. The van der Waals surface area contributed by atoms with Gasteiger partial charge in [0.1, 0.15) is 23.4 Å². The van der Waals surface area contributed by atoms with E-state index in [0.717, 1.165) is 16.7 Å². The average Bonchev–Trinajstić information content (AvgIpc) is 2.96. The number of anilines is 1. The Morgan fingerprint density at radius 1 is 0.907 bits per heavy atom. The summed E-state index contributed by atoms with van der Waals surface area (Å²) in [5.41, 5.74) is 3.45. The minimum Gasteiger partial charge on any atom is -0.497 e. The fourth-order valence-electron chi connectivity index (χ4n) is 4.73. The molecule has 3 atom stereocenters. The van der Waals surface area contributed by atoms with E-state index in [-0.39, 0.29) is 24.3 Å². The lowest BCUT2D eigenvalue weighted by Gasteiger charge is -2.38. The molecule has 0 aliphatic carbocycles. The van der Waals surface area contributed by atoms with Crippen molar-refractivity contribution in [2.75, 3.05) is 12.4 Å². The number of amides is 3. The van der Waals surface area contributed by atoms with Crippen LogP contribution in [0.3, 0.4) is 0 Å². The van der Waals surface area contributed by atoms with Crippen molar-refractivity contribution >= 4 is 23.6 Å². The standard InChI is InChI=1S/C35H45N3O5/c1-9-25(4)38(33(40)30(22-26-13-11-10-12-14-26)37-34(41)43-35(5,6)7)31(27-16-15-23(2)24(3)21-27)32(39)36-28-17-19-29(42-8)20-18-28/h10-21,25,30-31H,9,22H2,1-8H3,(H,36,39)(H,37,41). The number of nitrogens with zero attached hydrogens (tertiary/aromatic N) is 1. The molecule has 8 heteroatoms. The molecule has 0 radical (unpaired) electrons. The lowest BCUT2D eigenvalue weighted by atomic mass is 9.95. The highest BCUT2D eigenvalue weighted by Crippen LogP contribution is 2.30. The van der Waals surface area contributed by atoms with Crippen LogP contribution in [0.4, 0.5) is 10.5 Å². The molecule has 2 N–H and O–H groups in total. The average molecular weight is 588 g/mol. The van der Waals surface area contributed by atoms with Gasteiger partial charge in [-0.25, -0.2) is 4.79 Å². The number of hydrogen-bond acceptors (Lipinski definition) is 5. The first-order chi connectivity index (χ1) is 20.3. The Balaban J connectivity index is 2.09. The summed E-state index contributed by atoms with van der Waals surface area (Å²) in [6.45, 7) is 13.2. The van der Waals surface area contributed by atoms with Gasteiger partial charge in [-0.15, -0.1) is 0 Å². The number of ether oxygens (including phenoxy) is 2. The maximum atomic E-state index is 14.6. The molecule has 230 valence electrons. The SMILES string of the molecule is CCC(C)N(C(=O)C(Cc1ccccc1)NC(=O)OC(C)(C)C)C(C(=O)Nc1ccc(OC)cc1)c1ccc(C)c(C)c1. The Bertz CT molecular complexity index is 1380. The molecule has 0 aromatic heterocycles. The van der Waals surface area contributed by atoms with Crippen LogP contribution in [0.1, 0.15) is 69.3 Å². The zero-order chi connectivity index (χ0) is 31.7. The molecule has 0 heterocycles. The lowest BCUT2D eigenvalue weighted by molar-refractivity contribution is -0.143. The summed E-state index contributed by atoms with van der Waals surface area (Å²) in [6, 6.07) is 20.0. The van der Waals surface area contributed by atoms with Gasteiger partial charge in [-0.1, -0.05) is 55.5 Å². The number of hydrogen-bond donors (Lipinski definition) is 2. The number of methoxy groups -OCH3 is 1. The molecule has 8 nitrogen and oxygen atoms in total. The topological polar surface area (TPSA) is 97.0 Å². The summed E-state index contributed by atoms with van der Waals surface area (Å²) in [7, 11) is 1.58. The van der Waals surface area contributed by atoms with Crippen LogP contribution in [0, 0.1) is 13.8 Å². The Morgan fingerprint density at radius 2 is 1.56 bits per heavy atom. The van der Waals surface area contributed by atoms with E-state index in [9.17, 15) is 14.4 Å². The molecule has 3 aromatic carbocycles. The number of rotatable bonds is 11. The van der Waals surface area contributed by atoms with Crippen molar-refractivity contribution in [2.24, 2.45) is 0 Å². The van der Waals surface area contributed by atoms with E-state index in [4.69, 9.17) is 9.47 Å². The molecule has 0 spiro atoms. The van der Waals surface area contributed by atoms with Crippen LogP contribution < -0.4 is 15.4 Å².